The minimum atomic E-state index is -3.61. The second-order valence-electron chi connectivity index (χ2n) is 8.32. The van der Waals surface area contributed by atoms with Crippen LogP contribution in [-0.4, -0.2) is 55.9 Å². The summed E-state index contributed by atoms with van der Waals surface area (Å²) < 4.78 is 28.7. The standard InChI is InChI=1S/C19H31N3O3S2/c1-19(2)12-22(4)18(26-19)16-11-15(9-10-17(16)23)27(24,25)21-14-7-5-13(20-3)6-8-14/h9-11,13-14,18,20-21,23H,5-8,12H2,1-4H3. The largest absolute Gasteiger partial charge is 0.508 e. The first kappa shape index (κ1) is 20.9. The normalized spacial score (nSPS) is 29.1. The average molecular weight is 414 g/mol. The number of benzene rings is 1. The van der Waals surface area contributed by atoms with Gasteiger partial charge in [0.25, 0.3) is 0 Å². The van der Waals surface area contributed by atoms with Gasteiger partial charge in [-0.2, -0.15) is 0 Å². The minimum absolute atomic E-state index is 0.0284. The number of rotatable bonds is 5. The van der Waals surface area contributed by atoms with Crippen LogP contribution in [0.15, 0.2) is 23.1 Å². The lowest BCUT2D eigenvalue weighted by atomic mass is 9.92. The Kier molecular flexibility index (Phi) is 6.13. The number of phenols is 1. The van der Waals surface area contributed by atoms with Crippen molar-refractivity contribution < 1.29 is 13.5 Å². The predicted octanol–water partition coefficient (Wildman–Crippen LogP) is 2.66. The molecular formula is C19H31N3O3S2. The SMILES string of the molecule is CNC1CCC(NS(=O)(=O)c2ccc(O)c(C3SC(C)(C)CN3C)c2)CC1. The Morgan fingerprint density at radius 2 is 1.81 bits per heavy atom. The van der Waals surface area contributed by atoms with E-state index < -0.39 is 10.0 Å². The molecule has 0 spiro atoms. The summed E-state index contributed by atoms with van der Waals surface area (Å²) in [5, 5.41) is 13.6. The van der Waals surface area contributed by atoms with Crippen LogP contribution in [0.3, 0.4) is 0 Å². The molecule has 1 saturated carbocycles. The molecule has 1 aliphatic heterocycles. The van der Waals surface area contributed by atoms with Crippen molar-refractivity contribution in [1.82, 2.24) is 14.9 Å². The van der Waals surface area contributed by atoms with Gasteiger partial charge in [0.15, 0.2) is 0 Å². The molecule has 8 heteroatoms. The first-order chi connectivity index (χ1) is 12.6. The van der Waals surface area contributed by atoms with Gasteiger partial charge >= 0.3 is 0 Å². The van der Waals surface area contributed by atoms with E-state index in [9.17, 15) is 13.5 Å². The fraction of sp³-hybridized carbons (Fsp3) is 0.684. The number of thioether (sulfide) groups is 1. The summed E-state index contributed by atoms with van der Waals surface area (Å²) in [6.45, 7) is 5.20. The molecule has 3 rings (SSSR count). The maximum Gasteiger partial charge on any atom is 0.240 e. The molecule has 1 aromatic rings. The van der Waals surface area contributed by atoms with Gasteiger partial charge in [0, 0.05) is 28.9 Å². The molecule has 0 radical (unpaired) electrons. The lowest BCUT2D eigenvalue weighted by Gasteiger charge is -2.28. The highest BCUT2D eigenvalue weighted by atomic mass is 32.2. The Labute approximate surface area is 167 Å². The van der Waals surface area contributed by atoms with Crippen molar-refractivity contribution in [1.29, 1.82) is 0 Å². The van der Waals surface area contributed by atoms with Crippen LogP contribution in [0.4, 0.5) is 0 Å². The average Bonchev–Trinajstić information content (AvgIpc) is 2.88. The molecular weight excluding hydrogens is 382 g/mol. The van der Waals surface area contributed by atoms with Crippen molar-refractivity contribution in [2.45, 2.75) is 66.6 Å². The Balaban J connectivity index is 1.79. The molecule has 0 bridgehead atoms. The number of aromatic hydroxyl groups is 1. The van der Waals surface area contributed by atoms with Gasteiger partial charge in [-0.15, -0.1) is 11.8 Å². The van der Waals surface area contributed by atoms with E-state index >= 15 is 0 Å². The number of hydrogen-bond acceptors (Lipinski definition) is 6. The quantitative estimate of drug-likeness (QED) is 0.689. The van der Waals surface area contributed by atoms with Crippen molar-refractivity contribution in [2.75, 3.05) is 20.6 Å². The molecule has 6 nitrogen and oxygen atoms in total. The lowest BCUT2D eigenvalue weighted by Crippen LogP contribution is -2.41. The van der Waals surface area contributed by atoms with Gasteiger partial charge in [0.05, 0.1) is 10.3 Å². The first-order valence-corrected chi connectivity index (χ1v) is 11.9. The third-order valence-corrected chi connectivity index (χ3v) is 8.62. The monoisotopic (exact) mass is 413 g/mol. The molecule has 2 aliphatic rings. The Hall–Kier alpha value is -0.800. The molecule has 27 heavy (non-hydrogen) atoms. The van der Waals surface area contributed by atoms with Crippen molar-refractivity contribution >= 4 is 21.8 Å². The van der Waals surface area contributed by atoms with Crippen LogP contribution < -0.4 is 10.0 Å². The van der Waals surface area contributed by atoms with Crippen LogP contribution in [-0.2, 0) is 10.0 Å². The fourth-order valence-corrected chi connectivity index (χ4v) is 6.89. The number of nitrogens with zero attached hydrogens (tertiary/aromatic N) is 1. The molecule has 3 N–H and O–H groups in total. The van der Waals surface area contributed by atoms with E-state index in [0.29, 0.717) is 11.6 Å². The van der Waals surface area contributed by atoms with Crippen molar-refractivity contribution in [3.63, 3.8) is 0 Å². The lowest BCUT2D eigenvalue weighted by molar-refractivity contribution is 0.319. The van der Waals surface area contributed by atoms with Gasteiger partial charge in [-0.1, -0.05) is 0 Å². The topological polar surface area (TPSA) is 81.7 Å². The summed E-state index contributed by atoms with van der Waals surface area (Å²) >= 11 is 1.74. The zero-order chi connectivity index (χ0) is 19.8. The number of sulfonamides is 1. The van der Waals surface area contributed by atoms with Gasteiger partial charge < -0.3 is 10.4 Å². The van der Waals surface area contributed by atoms with Gasteiger partial charge in [0.1, 0.15) is 5.75 Å². The van der Waals surface area contributed by atoms with E-state index in [1.807, 2.05) is 14.1 Å². The molecule has 1 atom stereocenters. The second kappa shape index (κ2) is 7.91. The van der Waals surface area contributed by atoms with Gasteiger partial charge in [-0.25, -0.2) is 13.1 Å². The summed E-state index contributed by atoms with van der Waals surface area (Å²) in [6.07, 6.45) is 3.63. The van der Waals surface area contributed by atoms with E-state index in [1.54, 1.807) is 17.8 Å². The van der Waals surface area contributed by atoms with Crippen LogP contribution in [0.1, 0.15) is 50.5 Å². The van der Waals surface area contributed by atoms with Crippen LogP contribution in [0.25, 0.3) is 0 Å². The van der Waals surface area contributed by atoms with Gasteiger partial charge in [0.2, 0.25) is 10.0 Å². The third kappa shape index (κ3) is 4.79. The highest BCUT2D eigenvalue weighted by molar-refractivity contribution is 8.01. The van der Waals surface area contributed by atoms with Crippen molar-refractivity contribution in [3.8, 4) is 5.75 Å². The van der Waals surface area contributed by atoms with Crippen LogP contribution in [0.5, 0.6) is 5.75 Å². The fourth-order valence-electron chi connectivity index (χ4n) is 4.10. The first-order valence-electron chi connectivity index (χ1n) is 9.52. The molecule has 1 unspecified atom stereocenters. The third-order valence-electron chi connectivity index (χ3n) is 5.49. The van der Waals surface area contributed by atoms with Crippen molar-refractivity contribution in [3.05, 3.63) is 23.8 Å². The molecule has 0 amide bonds. The molecule has 152 valence electrons. The smallest absolute Gasteiger partial charge is 0.240 e. The number of phenolic OH excluding ortho intramolecular Hbond substituents is 1. The molecule has 1 heterocycles. The second-order valence-corrected chi connectivity index (χ2v) is 11.8. The Morgan fingerprint density at radius 1 is 1.19 bits per heavy atom. The maximum absolute atomic E-state index is 12.9. The summed E-state index contributed by atoms with van der Waals surface area (Å²) in [6, 6.07) is 5.07. The molecule has 0 aromatic heterocycles. The van der Waals surface area contributed by atoms with Gasteiger partial charge in [-0.05, 0) is 71.8 Å². The van der Waals surface area contributed by atoms with Crippen LogP contribution >= 0.6 is 11.8 Å². The molecule has 1 saturated heterocycles. The summed E-state index contributed by atoms with van der Waals surface area (Å²) in [5.41, 5.74) is 0.662. The van der Waals surface area contributed by atoms with E-state index in [1.165, 1.54) is 12.1 Å². The van der Waals surface area contributed by atoms with E-state index in [2.05, 4.69) is 28.8 Å². The van der Waals surface area contributed by atoms with E-state index in [4.69, 9.17) is 0 Å². The Morgan fingerprint density at radius 3 is 2.37 bits per heavy atom. The summed E-state index contributed by atoms with van der Waals surface area (Å²) in [4.78, 5) is 2.38. The minimum Gasteiger partial charge on any atom is -0.508 e. The van der Waals surface area contributed by atoms with E-state index in [0.717, 1.165) is 32.2 Å². The van der Waals surface area contributed by atoms with Crippen molar-refractivity contribution in [2.24, 2.45) is 0 Å². The van der Waals surface area contributed by atoms with Gasteiger partial charge in [-0.3, -0.25) is 4.90 Å². The summed E-state index contributed by atoms with van der Waals surface area (Å²) in [7, 11) is 0.348. The zero-order valence-corrected chi connectivity index (χ0v) is 18.2. The molecule has 2 fully saturated rings. The Bertz CT molecular complexity index is 774. The molecule has 1 aliphatic carbocycles. The highest BCUT2D eigenvalue weighted by Crippen LogP contribution is 2.49. The number of hydrogen-bond donors (Lipinski definition) is 3. The van der Waals surface area contributed by atoms with Crippen LogP contribution in [0.2, 0.25) is 0 Å². The maximum atomic E-state index is 12.9. The summed E-state index contributed by atoms with van der Waals surface area (Å²) in [5.74, 6) is 0.144. The number of nitrogens with one attached hydrogen (secondary N) is 2. The zero-order valence-electron chi connectivity index (χ0n) is 16.5. The highest BCUT2D eigenvalue weighted by Gasteiger charge is 2.38. The van der Waals surface area contributed by atoms with Crippen LogP contribution in [0, 0.1) is 0 Å². The molecule has 1 aromatic carbocycles. The predicted molar refractivity (Wildman–Crippen MR) is 111 cm³/mol. The van der Waals surface area contributed by atoms with E-state index in [-0.39, 0.29) is 26.8 Å².